The molecule has 0 unspecified atom stereocenters. The number of nitrogens with one attached hydrogen (secondary N) is 2. The van der Waals surface area contributed by atoms with Gasteiger partial charge in [0.05, 0.1) is 12.8 Å². The maximum absolute atomic E-state index is 12.0. The first-order valence-corrected chi connectivity index (χ1v) is 9.26. The number of rotatable bonds is 8. The molecule has 8 heteroatoms. The molecule has 0 bridgehead atoms. The van der Waals surface area contributed by atoms with E-state index in [9.17, 15) is 14.4 Å². The molecule has 0 fully saturated rings. The van der Waals surface area contributed by atoms with Crippen LogP contribution in [0.1, 0.15) is 10.4 Å². The summed E-state index contributed by atoms with van der Waals surface area (Å²) in [7, 11) is 1.53. The zero-order chi connectivity index (χ0) is 19.6. The summed E-state index contributed by atoms with van der Waals surface area (Å²) in [6.07, 6.45) is 1.90. The fourth-order valence-electron chi connectivity index (χ4n) is 2.13. The molecule has 0 atom stereocenters. The van der Waals surface area contributed by atoms with Gasteiger partial charge >= 0.3 is 5.97 Å². The van der Waals surface area contributed by atoms with Crippen molar-refractivity contribution in [1.82, 2.24) is 5.32 Å². The Morgan fingerprint density at radius 3 is 2.41 bits per heavy atom. The van der Waals surface area contributed by atoms with Crippen molar-refractivity contribution in [3.8, 4) is 5.75 Å². The number of para-hydroxylation sites is 1. The van der Waals surface area contributed by atoms with E-state index >= 15 is 0 Å². The molecular formula is C19H20N2O5S. The molecule has 0 aliphatic rings. The molecule has 0 saturated heterocycles. The van der Waals surface area contributed by atoms with E-state index in [4.69, 9.17) is 9.47 Å². The first-order valence-electron chi connectivity index (χ1n) is 8.04. The van der Waals surface area contributed by atoms with E-state index in [-0.39, 0.29) is 6.54 Å². The van der Waals surface area contributed by atoms with Gasteiger partial charge < -0.3 is 20.1 Å². The maximum Gasteiger partial charge on any atom is 0.325 e. The van der Waals surface area contributed by atoms with Gasteiger partial charge in [0.1, 0.15) is 12.3 Å². The second kappa shape index (κ2) is 10.2. The molecule has 0 radical (unpaired) electrons. The monoisotopic (exact) mass is 388 g/mol. The quantitative estimate of drug-likeness (QED) is 0.533. The van der Waals surface area contributed by atoms with Crippen LogP contribution in [0.4, 0.5) is 5.69 Å². The van der Waals surface area contributed by atoms with Crippen molar-refractivity contribution < 1.29 is 23.9 Å². The Bertz CT molecular complexity index is 808. The van der Waals surface area contributed by atoms with Gasteiger partial charge in [0.15, 0.2) is 6.61 Å². The second-order valence-electron chi connectivity index (χ2n) is 5.32. The molecule has 142 valence electrons. The summed E-state index contributed by atoms with van der Waals surface area (Å²) in [4.78, 5) is 36.5. The van der Waals surface area contributed by atoms with Crippen LogP contribution in [0, 0.1) is 0 Å². The summed E-state index contributed by atoms with van der Waals surface area (Å²) < 4.78 is 9.89. The number of benzene rings is 2. The van der Waals surface area contributed by atoms with Crippen LogP contribution in [0.2, 0.25) is 0 Å². The smallest absolute Gasteiger partial charge is 0.325 e. The third-order valence-corrected chi connectivity index (χ3v) is 4.29. The number of ether oxygens (including phenoxy) is 2. The van der Waals surface area contributed by atoms with Gasteiger partial charge in [0, 0.05) is 10.5 Å². The van der Waals surface area contributed by atoms with Crippen LogP contribution < -0.4 is 15.4 Å². The Kier molecular flexibility index (Phi) is 7.69. The fraction of sp³-hybridized carbons (Fsp3) is 0.211. The lowest BCUT2D eigenvalue weighted by Gasteiger charge is -2.10. The molecule has 0 aliphatic carbocycles. The Balaban J connectivity index is 1.75. The Morgan fingerprint density at radius 2 is 1.74 bits per heavy atom. The third kappa shape index (κ3) is 6.34. The van der Waals surface area contributed by atoms with Gasteiger partial charge in [-0.1, -0.05) is 12.1 Å². The number of carbonyl (C=O) groups excluding carboxylic acids is 3. The molecule has 0 aliphatic heterocycles. The average molecular weight is 388 g/mol. The van der Waals surface area contributed by atoms with Crippen molar-refractivity contribution in [2.24, 2.45) is 0 Å². The predicted octanol–water partition coefficient (Wildman–Crippen LogP) is 2.33. The highest BCUT2D eigenvalue weighted by Crippen LogP contribution is 2.24. The molecule has 0 saturated carbocycles. The topological polar surface area (TPSA) is 93.7 Å². The molecule has 0 spiro atoms. The molecule has 0 heterocycles. The number of thioether (sulfide) groups is 1. The van der Waals surface area contributed by atoms with E-state index in [1.807, 2.05) is 18.4 Å². The Labute approximate surface area is 161 Å². The van der Waals surface area contributed by atoms with Gasteiger partial charge in [-0.3, -0.25) is 14.4 Å². The highest BCUT2D eigenvalue weighted by molar-refractivity contribution is 7.98. The number of esters is 1. The summed E-state index contributed by atoms with van der Waals surface area (Å²) in [5, 5.41) is 5.12. The van der Waals surface area contributed by atoms with Crippen LogP contribution in [0.5, 0.6) is 5.75 Å². The molecule has 0 aromatic heterocycles. The van der Waals surface area contributed by atoms with E-state index in [0.29, 0.717) is 17.0 Å². The minimum Gasteiger partial charge on any atom is -0.497 e. The third-order valence-electron chi connectivity index (χ3n) is 3.49. The minimum atomic E-state index is -0.704. The molecule has 2 N–H and O–H groups in total. The number of hydrogen-bond donors (Lipinski definition) is 2. The molecule has 27 heavy (non-hydrogen) atoms. The number of methoxy groups -OCH3 is 1. The number of hydrogen-bond acceptors (Lipinski definition) is 6. The minimum absolute atomic E-state index is 0.334. The Morgan fingerprint density at radius 1 is 1.04 bits per heavy atom. The van der Waals surface area contributed by atoms with Gasteiger partial charge in [-0.15, -0.1) is 11.8 Å². The van der Waals surface area contributed by atoms with Crippen LogP contribution in [0.25, 0.3) is 0 Å². The van der Waals surface area contributed by atoms with Gasteiger partial charge in [0.2, 0.25) is 0 Å². The highest BCUT2D eigenvalue weighted by Gasteiger charge is 2.12. The molecular weight excluding hydrogens is 368 g/mol. The van der Waals surface area contributed by atoms with Crippen LogP contribution in [0.15, 0.2) is 53.4 Å². The lowest BCUT2D eigenvalue weighted by Crippen LogP contribution is -2.32. The molecule has 2 rings (SSSR count). The zero-order valence-corrected chi connectivity index (χ0v) is 15.8. The summed E-state index contributed by atoms with van der Waals surface area (Å²) in [6, 6.07) is 13.8. The second-order valence-corrected chi connectivity index (χ2v) is 6.17. The maximum atomic E-state index is 12.0. The summed E-state index contributed by atoms with van der Waals surface area (Å²) in [6.45, 7) is -0.764. The van der Waals surface area contributed by atoms with Crippen molar-refractivity contribution in [2.75, 3.05) is 31.8 Å². The van der Waals surface area contributed by atoms with Crippen molar-refractivity contribution >= 4 is 35.2 Å². The molecule has 2 aromatic carbocycles. The van der Waals surface area contributed by atoms with Crippen LogP contribution >= 0.6 is 11.8 Å². The SMILES string of the molecule is COc1ccc(C(=O)NCC(=O)OCC(=O)Nc2ccccc2SC)cc1. The van der Waals surface area contributed by atoms with Crippen LogP contribution in [0.3, 0.4) is 0 Å². The van der Waals surface area contributed by atoms with Crippen molar-refractivity contribution in [3.63, 3.8) is 0 Å². The predicted molar refractivity (Wildman–Crippen MR) is 103 cm³/mol. The van der Waals surface area contributed by atoms with Gasteiger partial charge in [-0.05, 0) is 42.7 Å². The van der Waals surface area contributed by atoms with Crippen LogP contribution in [-0.4, -0.2) is 44.3 Å². The Hall–Kier alpha value is -3.00. The van der Waals surface area contributed by atoms with Crippen molar-refractivity contribution in [2.45, 2.75) is 4.90 Å². The largest absolute Gasteiger partial charge is 0.497 e. The van der Waals surface area contributed by atoms with E-state index in [1.54, 1.807) is 36.4 Å². The fourth-order valence-corrected chi connectivity index (χ4v) is 2.68. The van der Waals surface area contributed by atoms with Crippen molar-refractivity contribution in [3.05, 3.63) is 54.1 Å². The van der Waals surface area contributed by atoms with Gasteiger partial charge in [-0.25, -0.2) is 0 Å². The zero-order valence-electron chi connectivity index (χ0n) is 15.0. The number of amides is 2. The van der Waals surface area contributed by atoms with Crippen LogP contribution in [-0.2, 0) is 14.3 Å². The van der Waals surface area contributed by atoms with E-state index in [1.165, 1.54) is 18.9 Å². The lowest BCUT2D eigenvalue weighted by atomic mass is 10.2. The van der Waals surface area contributed by atoms with E-state index in [0.717, 1.165) is 4.90 Å². The average Bonchev–Trinajstić information content (AvgIpc) is 2.71. The van der Waals surface area contributed by atoms with E-state index < -0.39 is 24.4 Å². The normalized spacial score (nSPS) is 10.0. The van der Waals surface area contributed by atoms with Gasteiger partial charge in [0.25, 0.3) is 11.8 Å². The summed E-state index contributed by atoms with van der Waals surface area (Å²) in [5.74, 6) is -0.954. The molecule has 2 aromatic rings. The molecule has 7 nitrogen and oxygen atoms in total. The molecule has 2 amide bonds. The first kappa shape index (κ1) is 20.3. The summed E-state index contributed by atoms with van der Waals surface area (Å²) >= 11 is 1.50. The van der Waals surface area contributed by atoms with Gasteiger partial charge in [-0.2, -0.15) is 0 Å². The first-order chi connectivity index (χ1) is 13.0. The number of carbonyl (C=O) groups is 3. The summed E-state index contributed by atoms with van der Waals surface area (Å²) in [5.41, 5.74) is 1.04. The van der Waals surface area contributed by atoms with E-state index in [2.05, 4.69) is 10.6 Å². The lowest BCUT2D eigenvalue weighted by molar-refractivity contribution is -0.146. The van der Waals surface area contributed by atoms with Crippen molar-refractivity contribution in [1.29, 1.82) is 0 Å². The standard InChI is InChI=1S/C19H20N2O5S/c1-25-14-9-7-13(8-10-14)19(24)20-11-18(23)26-12-17(22)21-15-5-3-4-6-16(15)27-2/h3-10H,11-12H2,1-2H3,(H,20,24)(H,21,22). The number of anilines is 1. The highest BCUT2D eigenvalue weighted by atomic mass is 32.2.